The second-order valence-electron chi connectivity index (χ2n) is 0.625. The summed E-state index contributed by atoms with van der Waals surface area (Å²) < 4.78 is 47.8. The van der Waals surface area contributed by atoms with Crippen molar-refractivity contribution in [1.82, 2.24) is 0 Å². The van der Waals surface area contributed by atoms with Crippen molar-refractivity contribution < 1.29 is 9.60 Å². The van der Waals surface area contributed by atoms with Crippen LogP contribution in [0.25, 0.3) is 0 Å². The molecule has 0 atom stereocenters. The maximum absolute atomic E-state index is 7.10. The van der Waals surface area contributed by atoms with E-state index in [9.17, 15) is 0 Å². The third-order valence-corrected chi connectivity index (χ3v) is 0. The van der Waals surface area contributed by atoms with E-state index in [0.29, 0.717) is 0 Å². The quantitative estimate of drug-likeness (QED) is 0.402. The first-order valence-electron chi connectivity index (χ1n) is 4.50. The van der Waals surface area contributed by atoms with Crippen molar-refractivity contribution in [3.8, 4) is 0 Å². The van der Waals surface area contributed by atoms with Crippen molar-refractivity contribution in [2.45, 2.75) is 20.6 Å². The van der Waals surface area contributed by atoms with E-state index in [1.807, 2.05) is 0 Å². The fourth-order valence-corrected chi connectivity index (χ4v) is 0. The van der Waals surface area contributed by atoms with E-state index in [1.54, 1.807) is 0 Å². The summed E-state index contributed by atoms with van der Waals surface area (Å²) in [5.41, 5.74) is 0. The summed E-state index contributed by atoms with van der Waals surface area (Å²) in [6, 6.07) is 0. The molecule has 0 saturated heterocycles. The summed E-state index contributed by atoms with van der Waals surface area (Å²) >= 11 is 0. The van der Waals surface area contributed by atoms with Crippen molar-refractivity contribution in [1.29, 1.82) is 0 Å². The molecule has 0 N–H and O–H groups in total. The van der Waals surface area contributed by atoms with Gasteiger partial charge in [0.25, 0.3) is 0 Å². The Kier molecular flexibility index (Phi) is 0.120. The lowest BCUT2D eigenvalue weighted by Gasteiger charge is -1.79. The lowest BCUT2D eigenvalue weighted by Crippen LogP contribution is -1.66. The third-order valence-electron chi connectivity index (χ3n) is 0. The highest BCUT2D eigenvalue weighted by Gasteiger charge is 1.68. The molecule has 0 radical (unpaired) electrons. The summed E-state index contributed by atoms with van der Waals surface area (Å²) in [6.45, 7) is -4.64. The van der Waals surface area contributed by atoms with Crippen LogP contribution in [-0.2, 0) is 0 Å². The average molecular weight is 65.2 g/mol. The highest BCUT2D eigenvalue weighted by molar-refractivity contribution is 4.20. The molecule has 0 saturated carbocycles. The highest BCUT2D eigenvalue weighted by atomic mass is 13.7. The lowest BCUT2D eigenvalue weighted by molar-refractivity contribution is 0.737. The first-order chi connectivity index (χ1) is 4.50. The van der Waals surface area contributed by atoms with E-state index in [1.165, 1.54) is 0 Å². The van der Waals surface area contributed by atoms with E-state index in [-0.39, 0.29) is 0 Å². The van der Waals surface area contributed by atoms with Crippen LogP contribution in [0.1, 0.15) is 30.2 Å². The van der Waals surface area contributed by atoms with Gasteiger partial charge in [0.2, 0.25) is 0 Å². The summed E-state index contributed by atoms with van der Waals surface area (Å²) in [4.78, 5) is 0. The van der Waals surface area contributed by atoms with Crippen LogP contribution in [0, 0.1) is 5.89 Å². The van der Waals surface area contributed by atoms with Crippen LogP contribution in [0.5, 0.6) is 0 Å². The molecule has 0 fully saturated rings. The molecule has 0 aliphatic rings. The maximum Gasteiger partial charge on any atom is 0.0294 e. The molecule has 0 heteroatoms. The summed E-state index contributed by atoms with van der Waals surface area (Å²) in [5.74, 6) is -2.37. The van der Waals surface area contributed by atoms with Crippen LogP contribution in [0.3, 0.4) is 0 Å². The van der Waals surface area contributed by atoms with Gasteiger partial charge in [-0.25, -0.2) is 0 Å². The Morgan fingerprint density at radius 3 is 2.50 bits per heavy atom. The molecule has 0 bridgehead atoms. The van der Waals surface area contributed by atoms with Gasteiger partial charge in [-0.1, -0.05) is 20.6 Å². The lowest BCUT2D eigenvalue weighted by atomic mass is 10.3. The molecular weight excluding hydrogens is 48.0 g/mol. The third kappa shape index (κ3) is 0. The normalized spacial score (nSPS) is 43.8. The average Bonchev–Trinajstić information content (AvgIpc) is 1.58. The van der Waals surface area contributed by atoms with Gasteiger partial charge in [-0.2, -0.15) is 0 Å². The minimum atomic E-state index is -2.77. The van der Waals surface area contributed by atoms with Gasteiger partial charge in [0.05, 0.1) is 0 Å². The molecule has 0 rings (SSSR count). The predicted molar refractivity (Wildman–Crippen MR) is 20.5 cm³/mol. The van der Waals surface area contributed by atoms with Crippen LogP contribution in [-0.4, -0.2) is 0 Å². The van der Waals surface area contributed by atoms with Gasteiger partial charge in [0.1, 0.15) is 0 Å². The molecule has 0 heterocycles. The standard InChI is InChI=1S/C4H10/c1-4(2)3/h4H,1-3H3/i1D3,2D3,4D. The molecule has 0 aliphatic heterocycles. The van der Waals surface area contributed by atoms with Gasteiger partial charge < -0.3 is 0 Å². The fraction of sp³-hybridized carbons (Fsp3) is 1.00. The Morgan fingerprint density at radius 2 is 2.50 bits per heavy atom. The van der Waals surface area contributed by atoms with Gasteiger partial charge in [-0.15, -0.1) is 0 Å². The molecular formula is C4H10. The molecule has 0 spiro atoms. The molecule has 0 aromatic heterocycles. The number of hydrogen-bond acceptors (Lipinski definition) is 0. The molecule has 0 aromatic carbocycles. The fourth-order valence-electron chi connectivity index (χ4n) is 0. The minimum absolute atomic E-state index is 0.896. The van der Waals surface area contributed by atoms with Crippen LogP contribution in [0.2, 0.25) is 0 Å². The van der Waals surface area contributed by atoms with E-state index >= 15 is 0 Å². The summed E-state index contributed by atoms with van der Waals surface area (Å²) in [7, 11) is 0. The smallest absolute Gasteiger partial charge is 0.0294 e. The van der Waals surface area contributed by atoms with Crippen molar-refractivity contribution in [2.75, 3.05) is 0 Å². The Hall–Kier alpha value is 0. The SMILES string of the molecule is [2H]C([2H])([2H])C([2H])(C)C([2H])([2H])[2H]. The molecule has 0 aliphatic carbocycles. The van der Waals surface area contributed by atoms with Gasteiger partial charge in [0, 0.05) is 9.60 Å². The second-order valence-corrected chi connectivity index (χ2v) is 0.625. The topological polar surface area (TPSA) is 0 Å². The van der Waals surface area contributed by atoms with Crippen LogP contribution >= 0.6 is 0 Å². The first-order valence-corrected chi connectivity index (χ1v) is 1.00. The molecule has 0 amide bonds. The van der Waals surface area contributed by atoms with E-state index in [0.717, 1.165) is 6.92 Å². The molecule has 0 unspecified atom stereocenters. The molecule has 0 nitrogen and oxygen atoms in total. The van der Waals surface area contributed by atoms with Crippen LogP contribution in [0.4, 0.5) is 0 Å². The first kappa shape index (κ1) is 0.360. The monoisotopic (exact) mass is 65.1 g/mol. The molecule has 4 heavy (non-hydrogen) atoms. The largest absolute Gasteiger partial charge is 0.0630 e. The van der Waals surface area contributed by atoms with Gasteiger partial charge >= 0.3 is 0 Å². The van der Waals surface area contributed by atoms with Crippen molar-refractivity contribution in [2.24, 2.45) is 5.89 Å². The van der Waals surface area contributed by atoms with E-state index in [2.05, 4.69) is 0 Å². The van der Waals surface area contributed by atoms with Crippen molar-refractivity contribution in [3.63, 3.8) is 0 Å². The molecule has 0 aromatic rings. The van der Waals surface area contributed by atoms with Crippen molar-refractivity contribution in [3.05, 3.63) is 0 Å². The highest BCUT2D eigenvalue weighted by Crippen LogP contribution is 1.81. The van der Waals surface area contributed by atoms with Gasteiger partial charge in [0.15, 0.2) is 0 Å². The van der Waals surface area contributed by atoms with E-state index in [4.69, 9.17) is 9.60 Å². The van der Waals surface area contributed by atoms with Gasteiger partial charge in [-0.05, 0) is 5.89 Å². The van der Waals surface area contributed by atoms with Gasteiger partial charge in [-0.3, -0.25) is 0 Å². The second kappa shape index (κ2) is 1.33. The number of hydrogen-bond donors (Lipinski definition) is 0. The Bertz CT molecular complexity index is 122. The zero-order valence-electron chi connectivity index (χ0n) is 9.50. The number of rotatable bonds is 0. The maximum atomic E-state index is 7.10. The summed E-state index contributed by atoms with van der Waals surface area (Å²) in [5, 5.41) is 0. The zero-order valence-corrected chi connectivity index (χ0v) is 2.50. The minimum Gasteiger partial charge on any atom is -0.0630 e. The van der Waals surface area contributed by atoms with Crippen LogP contribution in [0.15, 0.2) is 0 Å². The Balaban J connectivity index is 4.75. The molecule has 26 valence electrons. The van der Waals surface area contributed by atoms with E-state index < -0.39 is 19.6 Å². The van der Waals surface area contributed by atoms with Crippen LogP contribution < -0.4 is 0 Å². The predicted octanol–water partition coefficient (Wildman–Crippen LogP) is 1.66. The zero-order chi connectivity index (χ0) is 9.50. The Labute approximate surface area is 37.7 Å². The Morgan fingerprint density at radius 1 is 2.00 bits per heavy atom. The van der Waals surface area contributed by atoms with Crippen molar-refractivity contribution >= 4 is 0 Å². The summed E-state index contributed by atoms with van der Waals surface area (Å²) in [6.07, 6.45) is 0.